The fraction of sp³-hybridized carbons (Fsp3) is 0.571. The second-order valence-electron chi connectivity index (χ2n) is 5.64. The SMILES string of the molecule is CCNc1cc(N2CCn3cnnc3C2)nc(C2CC2)n1. The van der Waals surface area contributed by atoms with Crippen molar-refractivity contribution in [3.05, 3.63) is 24.0 Å². The van der Waals surface area contributed by atoms with Gasteiger partial charge in [-0.15, -0.1) is 10.2 Å². The fourth-order valence-corrected chi connectivity index (χ4v) is 2.67. The molecule has 4 rings (SSSR count). The van der Waals surface area contributed by atoms with Crippen LogP contribution in [0, 0.1) is 0 Å². The molecule has 1 aliphatic carbocycles. The smallest absolute Gasteiger partial charge is 0.152 e. The summed E-state index contributed by atoms with van der Waals surface area (Å²) in [4.78, 5) is 11.7. The number of nitrogens with zero attached hydrogens (tertiary/aromatic N) is 6. The molecular formula is C14H19N7. The van der Waals surface area contributed by atoms with Gasteiger partial charge in [0.1, 0.15) is 23.8 Å². The van der Waals surface area contributed by atoms with Crippen LogP contribution in [0.1, 0.15) is 37.3 Å². The second-order valence-corrected chi connectivity index (χ2v) is 5.64. The maximum absolute atomic E-state index is 4.78. The maximum atomic E-state index is 4.78. The molecule has 1 aliphatic heterocycles. The minimum atomic E-state index is 0.552. The molecule has 0 radical (unpaired) electrons. The summed E-state index contributed by atoms with van der Waals surface area (Å²) in [5.74, 6) is 4.46. The minimum absolute atomic E-state index is 0.552. The normalized spacial score (nSPS) is 17.7. The predicted molar refractivity (Wildman–Crippen MR) is 79.2 cm³/mol. The summed E-state index contributed by atoms with van der Waals surface area (Å²) in [6.45, 7) is 5.54. The van der Waals surface area contributed by atoms with E-state index >= 15 is 0 Å². The summed E-state index contributed by atoms with van der Waals surface area (Å²) in [5, 5.41) is 11.5. The molecule has 0 atom stereocenters. The van der Waals surface area contributed by atoms with Gasteiger partial charge >= 0.3 is 0 Å². The van der Waals surface area contributed by atoms with Crippen LogP contribution < -0.4 is 10.2 Å². The zero-order valence-electron chi connectivity index (χ0n) is 12.2. The summed E-state index contributed by atoms with van der Waals surface area (Å²) in [6, 6.07) is 2.04. The van der Waals surface area contributed by atoms with Crippen LogP contribution >= 0.6 is 0 Å². The maximum Gasteiger partial charge on any atom is 0.152 e. The van der Waals surface area contributed by atoms with Gasteiger partial charge in [0.2, 0.25) is 0 Å². The Balaban J connectivity index is 1.64. The third kappa shape index (κ3) is 2.43. The number of hydrogen-bond acceptors (Lipinski definition) is 6. The van der Waals surface area contributed by atoms with E-state index in [-0.39, 0.29) is 0 Å². The van der Waals surface area contributed by atoms with Crippen molar-refractivity contribution in [2.24, 2.45) is 0 Å². The standard InChI is InChI=1S/C14H19N7/c1-2-15-11-7-12(18-14(17-11)10-3-4-10)20-5-6-21-9-16-19-13(21)8-20/h7,9-10H,2-6,8H2,1H3,(H,15,17,18). The molecule has 0 bridgehead atoms. The van der Waals surface area contributed by atoms with E-state index in [0.29, 0.717) is 5.92 Å². The van der Waals surface area contributed by atoms with Crippen molar-refractivity contribution in [2.45, 2.75) is 38.8 Å². The molecule has 0 aromatic carbocycles. The highest BCUT2D eigenvalue weighted by atomic mass is 15.3. The van der Waals surface area contributed by atoms with E-state index in [1.54, 1.807) is 6.33 Å². The monoisotopic (exact) mass is 285 g/mol. The van der Waals surface area contributed by atoms with E-state index in [1.807, 2.05) is 6.07 Å². The fourth-order valence-electron chi connectivity index (χ4n) is 2.67. The summed E-state index contributed by atoms with van der Waals surface area (Å²) in [5.41, 5.74) is 0. The molecule has 0 saturated heterocycles. The average molecular weight is 285 g/mol. The zero-order chi connectivity index (χ0) is 14.2. The Morgan fingerprint density at radius 1 is 1.29 bits per heavy atom. The molecule has 1 N–H and O–H groups in total. The molecule has 2 aliphatic rings. The summed E-state index contributed by atoms with van der Waals surface area (Å²) < 4.78 is 2.10. The highest BCUT2D eigenvalue weighted by Gasteiger charge is 2.28. The lowest BCUT2D eigenvalue weighted by Crippen LogP contribution is -2.34. The van der Waals surface area contributed by atoms with Crippen molar-refractivity contribution >= 4 is 11.6 Å². The first kappa shape index (κ1) is 12.6. The lowest BCUT2D eigenvalue weighted by molar-refractivity contribution is 0.555. The topological polar surface area (TPSA) is 71.8 Å². The van der Waals surface area contributed by atoms with Crippen LogP contribution in [0.4, 0.5) is 11.6 Å². The Kier molecular flexibility index (Phi) is 2.98. The number of anilines is 2. The van der Waals surface area contributed by atoms with E-state index in [4.69, 9.17) is 4.98 Å². The van der Waals surface area contributed by atoms with E-state index in [9.17, 15) is 0 Å². The van der Waals surface area contributed by atoms with Gasteiger partial charge in [0.25, 0.3) is 0 Å². The number of nitrogens with one attached hydrogen (secondary N) is 1. The Labute approximate surface area is 123 Å². The van der Waals surface area contributed by atoms with E-state index in [2.05, 4.69) is 36.9 Å². The van der Waals surface area contributed by atoms with Gasteiger partial charge in [-0.3, -0.25) is 0 Å². The van der Waals surface area contributed by atoms with Crippen LogP contribution in [-0.4, -0.2) is 37.8 Å². The van der Waals surface area contributed by atoms with Gasteiger partial charge < -0.3 is 14.8 Å². The van der Waals surface area contributed by atoms with Gasteiger partial charge in [0.05, 0.1) is 6.54 Å². The minimum Gasteiger partial charge on any atom is -0.370 e. The van der Waals surface area contributed by atoms with Crippen LogP contribution in [0.5, 0.6) is 0 Å². The highest BCUT2D eigenvalue weighted by Crippen LogP contribution is 2.39. The van der Waals surface area contributed by atoms with Gasteiger partial charge in [-0.25, -0.2) is 9.97 Å². The molecule has 0 unspecified atom stereocenters. The van der Waals surface area contributed by atoms with Crippen LogP contribution in [-0.2, 0) is 13.1 Å². The number of rotatable bonds is 4. The van der Waals surface area contributed by atoms with Crippen molar-refractivity contribution < 1.29 is 0 Å². The molecule has 7 heteroatoms. The van der Waals surface area contributed by atoms with Crippen LogP contribution in [0.2, 0.25) is 0 Å². The van der Waals surface area contributed by atoms with Gasteiger partial charge in [-0.2, -0.15) is 0 Å². The molecule has 110 valence electrons. The molecule has 2 aromatic heterocycles. The molecule has 0 spiro atoms. The summed E-state index contributed by atoms with van der Waals surface area (Å²) in [6.07, 6.45) is 4.22. The third-order valence-electron chi connectivity index (χ3n) is 3.99. The Hall–Kier alpha value is -2.18. The van der Waals surface area contributed by atoms with Crippen molar-refractivity contribution in [1.29, 1.82) is 0 Å². The van der Waals surface area contributed by atoms with Crippen LogP contribution in [0.25, 0.3) is 0 Å². The number of fused-ring (bicyclic) bond motifs is 1. The van der Waals surface area contributed by atoms with E-state index in [1.165, 1.54) is 12.8 Å². The highest BCUT2D eigenvalue weighted by molar-refractivity contribution is 5.50. The zero-order valence-corrected chi connectivity index (χ0v) is 12.2. The third-order valence-corrected chi connectivity index (χ3v) is 3.99. The van der Waals surface area contributed by atoms with Crippen LogP contribution in [0.3, 0.4) is 0 Å². The molecular weight excluding hydrogens is 266 g/mol. The Bertz CT molecular complexity index is 647. The predicted octanol–water partition coefficient (Wildman–Crippen LogP) is 1.40. The van der Waals surface area contributed by atoms with Crippen molar-refractivity contribution in [3.63, 3.8) is 0 Å². The molecule has 3 heterocycles. The quantitative estimate of drug-likeness (QED) is 0.915. The average Bonchev–Trinajstić information content (AvgIpc) is 3.25. The van der Waals surface area contributed by atoms with Gasteiger partial charge in [0.15, 0.2) is 5.82 Å². The largest absolute Gasteiger partial charge is 0.370 e. The molecule has 2 aromatic rings. The Morgan fingerprint density at radius 2 is 2.19 bits per heavy atom. The molecule has 7 nitrogen and oxygen atoms in total. The lowest BCUT2D eigenvalue weighted by atomic mass is 10.3. The first-order valence-corrected chi connectivity index (χ1v) is 7.58. The Morgan fingerprint density at radius 3 is 3.00 bits per heavy atom. The summed E-state index contributed by atoms with van der Waals surface area (Å²) >= 11 is 0. The van der Waals surface area contributed by atoms with Crippen molar-refractivity contribution in [2.75, 3.05) is 23.3 Å². The van der Waals surface area contributed by atoms with E-state index in [0.717, 1.165) is 49.5 Å². The van der Waals surface area contributed by atoms with E-state index < -0.39 is 0 Å². The summed E-state index contributed by atoms with van der Waals surface area (Å²) in [7, 11) is 0. The van der Waals surface area contributed by atoms with Crippen molar-refractivity contribution in [3.8, 4) is 0 Å². The van der Waals surface area contributed by atoms with Crippen molar-refractivity contribution in [1.82, 2.24) is 24.7 Å². The lowest BCUT2D eigenvalue weighted by Gasteiger charge is -2.28. The van der Waals surface area contributed by atoms with Gasteiger partial charge in [-0.1, -0.05) is 0 Å². The molecule has 0 amide bonds. The molecule has 21 heavy (non-hydrogen) atoms. The first-order valence-electron chi connectivity index (χ1n) is 7.58. The first-order chi connectivity index (χ1) is 10.3. The molecule has 1 saturated carbocycles. The van der Waals surface area contributed by atoms with Gasteiger partial charge in [-0.05, 0) is 19.8 Å². The second kappa shape index (κ2) is 4.98. The molecule has 1 fully saturated rings. The van der Waals surface area contributed by atoms with Gasteiger partial charge in [0, 0.05) is 31.6 Å². The van der Waals surface area contributed by atoms with Crippen LogP contribution in [0.15, 0.2) is 12.4 Å². The number of aromatic nitrogens is 5. The number of hydrogen-bond donors (Lipinski definition) is 1.